The number of carbonyl (C=O) groups is 2. The van der Waals surface area contributed by atoms with Crippen molar-refractivity contribution in [3.8, 4) is 22.6 Å². The van der Waals surface area contributed by atoms with E-state index in [4.69, 9.17) is 4.74 Å². The second-order valence-electron chi connectivity index (χ2n) is 9.34. The summed E-state index contributed by atoms with van der Waals surface area (Å²) in [6, 6.07) is 13.7. The first kappa shape index (κ1) is 24.9. The molecular weight excluding hydrogens is 540 g/mol. The van der Waals surface area contributed by atoms with Gasteiger partial charge in [-0.1, -0.05) is 43.2 Å². The minimum absolute atomic E-state index is 0.122. The maximum Gasteiger partial charge on any atom is 0.410 e. The maximum atomic E-state index is 12.8. The predicted octanol–water partition coefficient (Wildman–Crippen LogP) is 5.38. The Kier molecular flexibility index (Phi) is 6.96. The third-order valence-electron chi connectivity index (χ3n) is 7.00. The highest BCUT2D eigenvalue weighted by molar-refractivity contribution is 9.10. The van der Waals surface area contributed by atoms with Crippen molar-refractivity contribution in [2.75, 3.05) is 13.2 Å². The SMILES string of the molecule is CCOC(=O)N(Cc1ccc2[nH]c(-c3ccccc3-c3nnn[nH]3)c(Br)c2c1)CC1(C(=O)O)CCCC1. The van der Waals surface area contributed by atoms with Crippen LogP contribution in [0.15, 0.2) is 46.9 Å². The number of H-pyrrole nitrogens is 2. The zero-order valence-electron chi connectivity index (χ0n) is 20.3. The summed E-state index contributed by atoms with van der Waals surface area (Å²) in [6.45, 7) is 2.34. The highest BCUT2D eigenvalue weighted by Crippen LogP contribution is 2.41. The Labute approximate surface area is 221 Å². The van der Waals surface area contributed by atoms with Crippen molar-refractivity contribution in [2.45, 2.75) is 39.2 Å². The number of hydrogen-bond acceptors (Lipinski definition) is 6. The Balaban J connectivity index is 1.48. The number of aliphatic carboxylic acids is 1. The van der Waals surface area contributed by atoms with E-state index in [1.165, 1.54) is 4.90 Å². The average Bonchev–Trinajstić information content (AvgIpc) is 3.66. The normalized spacial score (nSPS) is 14.6. The zero-order valence-corrected chi connectivity index (χ0v) is 21.9. The first-order chi connectivity index (χ1) is 17.9. The number of aromatic nitrogens is 5. The summed E-state index contributed by atoms with van der Waals surface area (Å²) in [7, 11) is 0. The van der Waals surface area contributed by atoms with Crippen LogP contribution in [0.4, 0.5) is 4.79 Å². The number of halogens is 1. The summed E-state index contributed by atoms with van der Waals surface area (Å²) in [6.07, 6.45) is 2.31. The second kappa shape index (κ2) is 10.3. The number of nitrogens with one attached hydrogen (secondary N) is 2. The van der Waals surface area contributed by atoms with Crippen LogP contribution in [-0.2, 0) is 16.1 Å². The molecule has 4 aromatic rings. The summed E-state index contributed by atoms with van der Waals surface area (Å²) in [4.78, 5) is 30.0. The van der Waals surface area contributed by atoms with Crippen LogP contribution in [0.5, 0.6) is 0 Å². The molecule has 1 fully saturated rings. The van der Waals surface area contributed by atoms with E-state index in [1.807, 2.05) is 42.5 Å². The molecule has 0 bridgehead atoms. The van der Waals surface area contributed by atoms with Crippen LogP contribution in [-0.4, -0.2) is 60.8 Å². The van der Waals surface area contributed by atoms with Crippen LogP contribution < -0.4 is 0 Å². The Morgan fingerprint density at radius 2 is 1.92 bits per heavy atom. The van der Waals surface area contributed by atoms with Gasteiger partial charge in [0, 0.05) is 35.1 Å². The number of benzene rings is 2. The van der Waals surface area contributed by atoms with Gasteiger partial charge >= 0.3 is 12.1 Å². The number of nitrogens with zero attached hydrogens (tertiary/aromatic N) is 4. The molecule has 2 aromatic carbocycles. The summed E-state index contributed by atoms with van der Waals surface area (Å²) < 4.78 is 6.16. The van der Waals surface area contributed by atoms with E-state index < -0.39 is 17.5 Å². The minimum atomic E-state index is -0.933. The number of carboxylic acids is 1. The van der Waals surface area contributed by atoms with E-state index >= 15 is 0 Å². The van der Waals surface area contributed by atoms with Crippen LogP contribution in [0, 0.1) is 5.41 Å². The molecule has 0 spiro atoms. The molecular formula is C26H27BrN6O4. The lowest BCUT2D eigenvalue weighted by Crippen LogP contribution is -2.44. The number of hydrogen-bond donors (Lipinski definition) is 3. The van der Waals surface area contributed by atoms with E-state index in [0.717, 1.165) is 50.6 Å². The van der Waals surface area contributed by atoms with Crippen LogP contribution >= 0.6 is 15.9 Å². The fourth-order valence-electron chi connectivity index (χ4n) is 5.15. The second-order valence-corrected chi connectivity index (χ2v) is 10.1. The molecule has 1 saturated carbocycles. The standard InChI is InChI=1S/C26H27BrN6O4/c1-2-37-25(36)33(15-26(24(34)35)11-5-6-12-26)14-16-9-10-20-19(13-16)21(27)22(28-20)17-7-3-4-8-18(17)23-29-31-32-30-23/h3-4,7-10,13,28H,2,5-6,11-12,14-15H2,1H3,(H,34,35)(H,29,30,31,32). The Bertz CT molecular complexity index is 1430. The van der Waals surface area contributed by atoms with Gasteiger partial charge in [0.05, 0.1) is 22.2 Å². The van der Waals surface area contributed by atoms with Crippen molar-refractivity contribution in [1.82, 2.24) is 30.5 Å². The number of aromatic amines is 2. The van der Waals surface area contributed by atoms with Gasteiger partial charge in [0.25, 0.3) is 0 Å². The van der Waals surface area contributed by atoms with E-state index in [-0.39, 0.29) is 19.7 Å². The number of amides is 1. The van der Waals surface area contributed by atoms with Gasteiger partial charge in [0.2, 0.25) is 0 Å². The number of carboxylic acid groups (broad SMARTS) is 1. The van der Waals surface area contributed by atoms with E-state index in [1.54, 1.807) is 6.92 Å². The number of carbonyl (C=O) groups excluding carboxylic acids is 1. The Morgan fingerprint density at radius 1 is 1.16 bits per heavy atom. The molecule has 1 aliphatic rings. The van der Waals surface area contributed by atoms with Crippen molar-refractivity contribution >= 4 is 38.9 Å². The molecule has 3 N–H and O–H groups in total. The first-order valence-corrected chi connectivity index (χ1v) is 13.0. The van der Waals surface area contributed by atoms with Crippen molar-refractivity contribution in [2.24, 2.45) is 5.41 Å². The predicted molar refractivity (Wildman–Crippen MR) is 141 cm³/mol. The number of tetrazole rings is 1. The summed E-state index contributed by atoms with van der Waals surface area (Å²) in [5.41, 5.74) is 3.50. The molecule has 0 atom stereocenters. The highest BCUT2D eigenvalue weighted by Gasteiger charge is 2.43. The van der Waals surface area contributed by atoms with Crippen molar-refractivity contribution in [3.05, 3.63) is 52.5 Å². The number of fused-ring (bicyclic) bond motifs is 1. The summed E-state index contributed by atoms with van der Waals surface area (Å²) >= 11 is 3.76. The van der Waals surface area contributed by atoms with Gasteiger partial charge in [-0.2, -0.15) is 0 Å². The van der Waals surface area contributed by atoms with E-state index in [2.05, 4.69) is 41.5 Å². The van der Waals surface area contributed by atoms with Crippen LogP contribution in [0.1, 0.15) is 38.2 Å². The zero-order chi connectivity index (χ0) is 26.0. The summed E-state index contributed by atoms with van der Waals surface area (Å²) in [5, 5.41) is 25.2. The number of ether oxygens (including phenoxy) is 1. The molecule has 0 radical (unpaired) electrons. The molecule has 2 aromatic heterocycles. The lowest BCUT2D eigenvalue weighted by molar-refractivity contribution is -0.149. The van der Waals surface area contributed by atoms with Gasteiger partial charge in [-0.05, 0) is 63.8 Å². The van der Waals surface area contributed by atoms with Crippen LogP contribution in [0.2, 0.25) is 0 Å². The van der Waals surface area contributed by atoms with Gasteiger partial charge < -0.3 is 19.7 Å². The molecule has 2 heterocycles. The lowest BCUT2D eigenvalue weighted by atomic mass is 9.85. The fraction of sp³-hybridized carbons (Fsp3) is 0.346. The van der Waals surface area contributed by atoms with E-state index in [0.29, 0.717) is 18.7 Å². The molecule has 37 heavy (non-hydrogen) atoms. The van der Waals surface area contributed by atoms with E-state index in [9.17, 15) is 14.7 Å². The fourth-order valence-corrected chi connectivity index (χ4v) is 5.79. The number of rotatable bonds is 8. The van der Waals surface area contributed by atoms with Gasteiger partial charge in [-0.25, -0.2) is 9.89 Å². The monoisotopic (exact) mass is 566 g/mol. The molecule has 0 unspecified atom stereocenters. The first-order valence-electron chi connectivity index (χ1n) is 12.2. The average molecular weight is 567 g/mol. The maximum absolute atomic E-state index is 12.8. The van der Waals surface area contributed by atoms with Crippen LogP contribution in [0.3, 0.4) is 0 Å². The molecule has 1 aliphatic carbocycles. The highest BCUT2D eigenvalue weighted by atomic mass is 79.9. The van der Waals surface area contributed by atoms with Gasteiger partial charge in [0.1, 0.15) is 0 Å². The minimum Gasteiger partial charge on any atom is -0.481 e. The van der Waals surface area contributed by atoms with Gasteiger partial charge in [-0.3, -0.25) is 4.79 Å². The van der Waals surface area contributed by atoms with Crippen molar-refractivity contribution in [3.63, 3.8) is 0 Å². The molecule has 1 amide bonds. The molecule has 10 nitrogen and oxygen atoms in total. The summed E-state index contributed by atoms with van der Waals surface area (Å²) in [5.74, 6) is -0.292. The van der Waals surface area contributed by atoms with Crippen LogP contribution in [0.25, 0.3) is 33.5 Å². The molecule has 11 heteroatoms. The van der Waals surface area contributed by atoms with Crippen molar-refractivity contribution in [1.29, 1.82) is 0 Å². The molecule has 192 valence electrons. The quantitative estimate of drug-likeness (QED) is 0.260. The Morgan fingerprint density at radius 3 is 2.59 bits per heavy atom. The largest absolute Gasteiger partial charge is 0.481 e. The molecule has 5 rings (SSSR count). The van der Waals surface area contributed by atoms with Crippen molar-refractivity contribution < 1.29 is 19.4 Å². The van der Waals surface area contributed by atoms with Gasteiger partial charge in [-0.15, -0.1) is 5.10 Å². The van der Waals surface area contributed by atoms with Gasteiger partial charge in [0.15, 0.2) is 5.82 Å². The smallest absolute Gasteiger partial charge is 0.410 e. The third-order valence-corrected chi connectivity index (χ3v) is 7.83. The topological polar surface area (TPSA) is 137 Å². The molecule has 0 saturated heterocycles. The lowest BCUT2D eigenvalue weighted by Gasteiger charge is -2.31. The Hall–Kier alpha value is -3.73. The molecule has 0 aliphatic heterocycles. The third kappa shape index (κ3) is 4.83.